The summed E-state index contributed by atoms with van der Waals surface area (Å²) in [6.07, 6.45) is 0.833. The highest BCUT2D eigenvalue weighted by Crippen LogP contribution is 2.11. The second-order valence-electron chi connectivity index (χ2n) is 5.81. The first-order valence-electron chi connectivity index (χ1n) is 9.15. The molecule has 0 fully saturated rings. The molecule has 12 heteroatoms. The Bertz CT molecular complexity index is 823. The van der Waals surface area contributed by atoms with Crippen molar-refractivity contribution in [3.63, 3.8) is 0 Å². The standard InChI is InChI=1S/C17H22N2O8.C3H4O2/c1-11-4-5-14(16(22)18-26-8-6-24-12(2)20)10-15(11)17(23)19-27-9-7-25-13(3)21;1-2-3(4)5/h4-5,10H,6-9H2,1-3H3,(H,18,22)(H,19,23);2H,1H2,(H,4,5). The van der Waals surface area contributed by atoms with Gasteiger partial charge in [-0.05, 0) is 24.6 Å². The molecule has 0 aliphatic heterocycles. The fourth-order valence-electron chi connectivity index (χ4n) is 1.81. The largest absolute Gasteiger partial charge is 0.478 e. The van der Waals surface area contributed by atoms with Crippen LogP contribution >= 0.6 is 0 Å². The molecule has 32 heavy (non-hydrogen) atoms. The minimum absolute atomic E-state index is 0.00171. The zero-order chi connectivity index (χ0) is 24.5. The Hall–Kier alpha value is -3.77. The van der Waals surface area contributed by atoms with Gasteiger partial charge in [-0.3, -0.25) is 28.9 Å². The van der Waals surface area contributed by atoms with Crippen molar-refractivity contribution < 1.29 is 48.2 Å². The van der Waals surface area contributed by atoms with Crippen molar-refractivity contribution in [2.45, 2.75) is 20.8 Å². The number of hydrogen-bond acceptors (Lipinski definition) is 9. The molecule has 0 aliphatic rings. The highest BCUT2D eigenvalue weighted by atomic mass is 16.7. The van der Waals surface area contributed by atoms with E-state index in [0.717, 1.165) is 6.08 Å². The minimum atomic E-state index is -0.981. The minimum Gasteiger partial charge on any atom is -0.478 e. The number of carbonyl (C=O) groups is 5. The molecule has 1 rings (SSSR count). The van der Waals surface area contributed by atoms with E-state index in [9.17, 15) is 24.0 Å². The summed E-state index contributed by atoms with van der Waals surface area (Å²) < 4.78 is 9.32. The van der Waals surface area contributed by atoms with Crippen LogP contribution in [-0.2, 0) is 33.5 Å². The number of amides is 2. The zero-order valence-corrected chi connectivity index (χ0v) is 18.0. The van der Waals surface area contributed by atoms with E-state index in [2.05, 4.69) is 27.0 Å². The van der Waals surface area contributed by atoms with Crippen LogP contribution in [0, 0.1) is 6.92 Å². The Morgan fingerprint density at radius 3 is 1.81 bits per heavy atom. The van der Waals surface area contributed by atoms with Crippen molar-refractivity contribution in [3.8, 4) is 0 Å². The second-order valence-corrected chi connectivity index (χ2v) is 5.81. The lowest BCUT2D eigenvalue weighted by Gasteiger charge is -2.10. The highest BCUT2D eigenvalue weighted by molar-refractivity contribution is 6.00. The molecule has 0 aliphatic carbocycles. The zero-order valence-electron chi connectivity index (χ0n) is 18.0. The molecule has 1 aromatic carbocycles. The maximum absolute atomic E-state index is 12.1. The van der Waals surface area contributed by atoms with Crippen molar-refractivity contribution in [1.82, 2.24) is 11.0 Å². The van der Waals surface area contributed by atoms with E-state index in [-0.39, 0.29) is 37.6 Å². The molecule has 0 spiro atoms. The fraction of sp³-hybridized carbons (Fsp3) is 0.350. The van der Waals surface area contributed by atoms with Gasteiger partial charge in [0.2, 0.25) is 0 Å². The molecule has 176 valence electrons. The number of carboxylic acids is 1. The van der Waals surface area contributed by atoms with Gasteiger partial charge in [-0.25, -0.2) is 15.8 Å². The van der Waals surface area contributed by atoms with Crippen molar-refractivity contribution >= 4 is 29.7 Å². The van der Waals surface area contributed by atoms with E-state index in [1.165, 1.54) is 26.0 Å². The Balaban J connectivity index is 0.00000172. The van der Waals surface area contributed by atoms with E-state index < -0.39 is 29.7 Å². The van der Waals surface area contributed by atoms with Gasteiger partial charge in [0, 0.05) is 31.1 Å². The SMILES string of the molecule is C=CC(=O)O.CC(=O)OCCONC(=O)c1ccc(C)c(C(=O)NOCCOC(C)=O)c1. The van der Waals surface area contributed by atoms with Crippen LogP contribution in [0.3, 0.4) is 0 Å². The van der Waals surface area contributed by atoms with E-state index in [0.29, 0.717) is 5.56 Å². The molecule has 2 amide bonds. The van der Waals surface area contributed by atoms with Gasteiger partial charge >= 0.3 is 17.9 Å². The molecule has 0 saturated carbocycles. The van der Waals surface area contributed by atoms with Crippen LogP contribution in [-0.4, -0.2) is 61.3 Å². The lowest BCUT2D eigenvalue weighted by molar-refractivity contribution is -0.144. The number of aryl methyl sites for hydroxylation is 1. The number of hydrogen-bond donors (Lipinski definition) is 3. The summed E-state index contributed by atoms with van der Waals surface area (Å²) in [5.74, 6) is -3.00. The molecule has 12 nitrogen and oxygen atoms in total. The summed E-state index contributed by atoms with van der Waals surface area (Å²) in [6, 6.07) is 4.50. The summed E-state index contributed by atoms with van der Waals surface area (Å²) in [7, 11) is 0. The average molecular weight is 454 g/mol. The molecule has 1 aromatic rings. The van der Waals surface area contributed by atoms with Crippen LogP contribution in [0.15, 0.2) is 30.9 Å². The first-order valence-corrected chi connectivity index (χ1v) is 9.15. The van der Waals surface area contributed by atoms with Gasteiger partial charge in [0.1, 0.15) is 26.4 Å². The molecule has 0 bridgehead atoms. The number of nitrogens with one attached hydrogen (secondary N) is 2. The first-order chi connectivity index (χ1) is 15.1. The summed E-state index contributed by atoms with van der Waals surface area (Å²) in [5, 5.41) is 7.60. The number of esters is 2. The topological polar surface area (TPSA) is 167 Å². The molecular weight excluding hydrogens is 428 g/mol. The molecule has 0 saturated heterocycles. The molecule has 0 radical (unpaired) electrons. The van der Waals surface area contributed by atoms with Gasteiger partial charge in [-0.1, -0.05) is 12.6 Å². The summed E-state index contributed by atoms with van der Waals surface area (Å²) in [5.41, 5.74) is 5.45. The van der Waals surface area contributed by atoms with Gasteiger partial charge in [-0.2, -0.15) is 0 Å². The number of ether oxygens (including phenoxy) is 2. The van der Waals surface area contributed by atoms with Crippen LogP contribution in [0.4, 0.5) is 0 Å². The summed E-state index contributed by atoms with van der Waals surface area (Å²) in [6.45, 7) is 7.16. The number of carboxylic acid groups (broad SMARTS) is 1. The lowest BCUT2D eigenvalue weighted by atomic mass is 10.0. The molecule has 3 N–H and O–H groups in total. The maximum atomic E-state index is 12.1. The van der Waals surface area contributed by atoms with Crippen molar-refractivity contribution in [2.75, 3.05) is 26.4 Å². The number of carbonyl (C=O) groups excluding carboxylic acids is 4. The third-order valence-corrected chi connectivity index (χ3v) is 3.23. The number of aliphatic carboxylic acids is 1. The van der Waals surface area contributed by atoms with Gasteiger partial charge in [-0.15, -0.1) is 0 Å². The highest BCUT2D eigenvalue weighted by Gasteiger charge is 2.14. The molecule has 0 aromatic heterocycles. The Kier molecular flexibility index (Phi) is 14.1. The first kappa shape index (κ1) is 28.2. The van der Waals surface area contributed by atoms with Crippen LogP contribution in [0.2, 0.25) is 0 Å². The predicted octanol–water partition coefficient (Wildman–Crippen LogP) is 0.701. The summed E-state index contributed by atoms with van der Waals surface area (Å²) >= 11 is 0. The molecule has 0 heterocycles. The monoisotopic (exact) mass is 454 g/mol. The Morgan fingerprint density at radius 2 is 1.38 bits per heavy atom. The van der Waals surface area contributed by atoms with E-state index in [1.807, 2.05) is 0 Å². The number of hydroxylamine groups is 2. The third kappa shape index (κ3) is 13.5. The second kappa shape index (κ2) is 16.0. The average Bonchev–Trinajstić information content (AvgIpc) is 2.73. The van der Waals surface area contributed by atoms with Crippen LogP contribution in [0.25, 0.3) is 0 Å². The van der Waals surface area contributed by atoms with E-state index >= 15 is 0 Å². The van der Waals surface area contributed by atoms with Gasteiger partial charge in [0.15, 0.2) is 0 Å². The van der Waals surface area contributed by atoms with Crippen molar-refractivity contribution in [3.05, 3.63) is 47.5 Å². The van der Waals surface area contributed by atoms with Crippen molar-refractivity contribution in [1.29, 1.82) is 0 Å². The lowest BCUT2D eigenvalue weighted by Crippen LogP contribution is -2.28. The van der Waals surface area contributed by atoms with Crippen LogP contribution in [0.1, 0.15) is 40.1 Å². The van der Waals surface area contributed by atoms with Crippen LogP contribution < -0.4 is 11.0 Å². The quantitative estimate of drug-likeness (QED) is 0.187. The van der Waals surface area contributed by atoms with E-state index in [1.54, 1.807) is 13.0 Å². The normalized spacial score (nSPS) is 9.47. The number of rotatable bonds is 11. The maximum Gasteiger partial charge on any atom is 0.327 e. The van der Waals surface area contributed by atoms with Gasteiger partial charge < -0.3 is 14.6 Å². The van der Waals surface area contributed by atoms with Gasteiger partial charge in [0.05, 0.1) is 0 Å². The van der Waals surface area contributed by atoms with Crippen LogP contribution in [0.5, 0.6) is 0 Å². The Morgan fingerprint density at radius 1 is 0.906 bits per heavy atom. The van der Waals surface area contributed by atoms with Gasteiger partial charge in [0.25, 0.3) is 11.8 Å². The smallest absolute Gasteiger partial charge is 0.327 e. The Labute approximate surface area is 184 Å². The van der Waals surface area contributed by atoms with Crippen molar-refractivity contribution in [2.24, 2.45) is 0 Å². The number of benzene rings is 1. The molecule has 0 atom stereocenters. The third-order valence-electron chi connectivity index (χ3n) is 3.23. The molecule has 0 unspecified atom stereocenters. The molecular formula is C20H26N2O10. The summed E-state index contributed by atoms with van der Waals surface area (Å²) in [4.78, 5) is 64.5. The fourth-order valence-corrected chi connectivity index (χ4v) is 1.81. The van der Waals surface area contributed by atoms with E-state index in [4.69, 9.17) is 14.8 Å². The predicted molar refractivity (Wildman–Crippen MR) is 109 cm³/mol.